The van der Waals surface area contributed by atoms with Gasteiger partial charge in [-0.05, 0) is 53.1 Å². The van der Waals surface area contributed by atoms with Gasteiger partial charge in [0.1, 0.15) is 11.9 Å². The molecule has 2 atom stereocenters. The number of ether oxygens (including phenoxy) is 1. The number of para-hydroxylation sites is 2. The first-order valence-electron chi connectivity index (χ1n) is 11.6. The quantitative estimate of drug-likeness (QED) is 0.376. The Hall–Kier alpha value is -3.83. The van der Waals surface area contributed by atoms with Gasteiger partial charge >= 0.3 is 5.97 Å². The molecule has 0 amide bonds. The summed E-state index contributed by atoms with van der Waals surface area (Å²) in [6, 6.07) is 30.8. The van der Waals surface area contributed by atoms with Gasteiger partial charge in [-0.3, -0.25) is 4.79 Å². The van der Waals surface area contributed by atoms with Gasteiger partial charge in [-0.25, -0.2) is 0 Å². The molecule has 0 aromatic heterocycles. The van der Waals surface area contributed by atoms with Crippen molar-refractivity contribution in [2.24, 2.45) is 0 Å². The number of nitrogens with one attached hydrogen (secondary N) is 1. The molecule has 0 bridgehead atoms. The highest BCUT2D eigenvalue weighted by atomic mass is 16.5. The second-order valence-electron chi connectivity index (χ2n) is 8.76. The van der Waals surface area contributed by atoms with Gasteiger partial charge in [0.05, 0.1) is 18.7 Å². The Kier molecular flexibility index (Phi) is 6.19. The van der Waals surface area contributed by atoms with Crippen LogP contribution in [0.25, 0.3) is 10.8 Å². The Bertz CT molecular complexity index is 1310. The molecule has 4 aromatic rings. The van der Waals surface area contributed by atoms with E-state index in [0.717, 1.165) is 22.7 Å². The van der Waals surface area contributed by atoms with Crippen LogP contribution in [0.1, 0.15) is 24.1 Å². The first-order valence-corrected chi connectivity index (χ1v) is 11.6. The second-order valence-corrected chi connectivity index (χ2v) is 8.76. The smallest absolute Gasteiger partial charge is 0.307 e. The molecule has 0 aliphatic carbocycles. The molecule has 0 fully saturated rings. The Balaban J connectivity index is 1.36. The number of carboxylic acids is 1. The third-order valence-corrected chi connectivity index (χ3v) is 6.36. The van der Waals surface area contributed by atoms with E-state index in [1.165, 1.54) is 16.3 Å². The van der Waals surface area contributed by atoms with Crippen LogP contribution in [0.2, 0.25) is 0 Å². The molecule has 0 saturated carbocycles. The fourth-order valence-electron chi connectivity index (χ4n) is 4.70. The van der Waals surface area contributed by atoms with Gasteiger partial charge in [0.25, 0.3) is 0 Å². The van der Waals surface area contributed by atoms with Crippen LogP contribution in [0.5, 0.6) is 5.75 Å². The average Bonchev–Trinajstić information content (AvgIpc) is 2.86. The summed E-state index contributed by atoms with van der Waals surface area (Å²) in [6.45, 7) is 3.54. The summed E-state index contributed by atoms with van der Waals surface area (Å²) in [4.78, 5) is 13.4. The maximum atomic E-state index is 11.2. The lowest BCUT2D eigenvalue weighted by Gasteiger charge is -2.37. The van der Waals surface area contributed by atoms with Gasteiger partial charge in [-0.1, -0.05) is 66.7 Å². The molecule has 5 heteroatoms. The molecular formula is C29H28N2O3. The molecule has 2 N–H and O–H groups in total. The van der Waals surface area contributed by atoms with Crippen LogP contribution >= 0.6 is 0 Å². The number of carbonyl (C=O) groups is 1. The van der Waals surface area contributed by atoms with Crippen molar-refractivity contribution in [2.45, 2.75) is 25.5 Å². The standard InChI is InChI=1S/C29H28N2O3/c1-20(25-13-7-10-22-9-2-3-12-26(22)25)30-18-24-19-31(27-14-4-5-15-28(27)34-24)23-11-6-8-21(16-23)17-29(32)33/h2-16,20,24,30H,17-19H2,1H3,(H,32,33)/t20-,24?/m1/s1. The molecule has 172 valence electrons. The molecular weight excluding hydrogens is 424 g/mol. The SMILES string of the molecule is C[C@@H](NCC1CN(c2cccc(CC(=O)O)c2)c2ccccc2O1)c1cccc2ccccc12. The van der Waals surface area contributed by atoms with Gasteiger partial charge < -0.3 is 20.1 Å². The number of anilines is 2. The molecule has 1 aliphatic rings. The predicted octanol–water partition coefficient (Wildman–Crippen LogP) is 5.72. The molecule has 1 unspecified atom stereocenters. The summed E-state index contributed by atoms with van der Waals surface area (Å²) < 4.78 is 6.35. The number of nitrogens with zero attached hydrogens (tertiary/aromatic N) is 1. The summed E-state index contributed by atoms with van der Waals surface area (Å²) in [5, 5.41) is 15.4. The number of rotatable bonds is 7. The number of hydrogen-bond acceptors (Lipinski definition) is 4. The lowest BCUT2D eigenvalue weighted by atomic mass is 9.99. The van der Waals surface area contributed by atoms with Gasteiger partial charge in [-0.15, -0.1) is 0 Å². The minimum Gasteiger partial charge on any atom is -0.485 e. The van der Waals surface area contributed by atoms with Gasteiger partial charge in [-0.2, -0.15) is 0 Å². The summed E-state index contributed by atoms with van der Waals surface area (Å²) >= 11 is 0. The van der Waals surface area contributed by atoms with Crippen LogP contribution in [0, 0.1) is 0 Å². The first kappa shape index (κ1) is 22.0. The Morgan fingerprint density at radius 2 is 1.79 bits per heavy atom. The van der Waals surface area contributed by atoms with Crippen LogP contribution in [0.3, 0.4) is 0 Å². The van der Waals surface area contributed by atoms with Gasteiger partial charge in [0, 0.05) is 18.3 Å². The molecule has 0 saturated heterocycles. The fraction of sp³-hybridized carbons (Fsp3) is 0.207. The van der Waals surface area contributed by atoms with E-state index in [1.54, 1.807) is 0 Å². The third kappa shape index (κ3) is 4.61. The monoisotopic (exact) mass is 452 g/mol. The topological polar surface area (TPSA) is 61.8 Å². The van der Waals surface area contributed by atoms with Crippen molar-refractivity contribution in [1.82, 2.24) is 5.32 Å². The van der Waals surface area contributed by atoms with Crippen molar-refractivity contribution < 1.29 is 14.6 Å². The number of carboxylic acid groups (broad SMARTS) is 1. The molecule has 0 spiro atoms. The zero-order valence-electron chi connectivity index (χ0n) is 19.1. The maximum absolute atomic E-state index is 11.2. The van der Waals surface area contributed by atoms with Crippen LogP contribution < -0.4 is 15.0 Å². The van der Waals surface area contributed by atoms with Crippen molar-refractivity contribution >= 4 is 28.1 Å². The normalized spacial score (nSPS) is 16.0. The number of hydrogen-bond donors (Lipinski definition) is 2. The minimum absolute atomic E-state index is 0.00730. The van der Waals surface area contributed by atoms with E-state index in [9.17, 15) is 9.90 Å². The highest BCUT2D eigenvalue weighted by Crippen LogP contribution is 2.38. The molecule has 34 heavy (non-hydrogen) atoms. The van der Waals surface area contributed by atoms with Crippen LogP contribution in [0.4, 0.5) is 11.4 Å². The van der Waals surface area contributed by atoms with E-state index >= 15 is 0 Å². The second kappa shape index (κ2) is 9.57. The zero-order chi connectivity index (χ0) is 23.5. The van der Waals surface area contributed by atoms with E-state index in [1.807, 2.05) is 48.5 Å². The molecule has 1 heterocycles. The molecule has 5 nitrogen and oxygen atoms in total. The van der Waals surface area contributed by atoms with E-state index in [2.05, 4.69) is 59.6 Å². The van der Waals surface area contributed by atoms with E-state index in [0.29, 0.717) is 13.1 Å². The highest BCUT2D eigenvalue weighted by molar-refractivity contribution is 5.86. The Labute approximate surface area is 199 Å². The first-order chi connectivity index (χ1) is 16.6. The van der Waals surface area contributed by atoms with E-state index in [4.69, 9.17) is 4.74 Å². The van der Waals surface area contributed by atoms with Crippen LogP contribution in [0.15, 0.2) is 91.0 Å². The summed E-state index contributed by atoms with van der Waals surface area (Å²) in [5.41, 5.74) is 4.02. The van der Waals surface area contributed by atoms with Crippen molar-refractivity contribution in [1.29, 1.82) is 0 Å². The Morgan fingerprint density at radius 3 is 2.68 bits per heavy atom. The minimum atomic E-state index is -0.830. The van der Waals surface area contributed by atoms with Crippen molar-refractivity contribution in [3.63, 3.8) is 0 Å². The number of fused-ring (bicyclic) bond motifs is 2. The van der Waals surface area contributed by atoms with Gasteiger partial charge in [0.2, 0.25) is 0 Å². The Morgan fingerprint density at radius 1 is 1.03 bits per heavy atom. The average molecular weight is 453 g/mol. The molecule has 1 aliphatic heterocycles. The predicted molar refractivity (Wildman–Crippen MR) is 136 cm³/mol. The van der Waals surface area contributed by atoms with Gasteiger partial charge in [0.15, 0.2) is 0 Å². The fourth-order valence-corrected chi connectivity index (χ4v) is 4.70. The molecule has 4 aromatic carbocycles. The largest absolute Gasteiger partial charge is 0.485 e. The number of benzene rings is 4. The molecule has 0 radical (unpaired) electrons. The summed E-state index contributed by atoms with van der Waals surface area (Å²) in [5.74, 6) is 0.00558. The van der Waals surface area contributed by atoms with Crippen LogP contribution in [-0.2, 0) is 11.2 Å². The highest BCUT2D eigenvalue weighted by Gasteiger charge is 2.27. The lowest BCUT2D eigenvalue weighted by molar-refractivity contribution is -0.136. The summed E-state index contributed by atoms with van der Waals surface area (Å²) in [6.07, 6.45) is -0.0525. The summed E-state index contributed by atoms with van der Waals surface area (Å²) in [7, 11) is 0. The lowest BCUT2D eigenvalue weighted by Crippen LogP contribution is -2.44. The van der Waals surface area contributed by atoms with E-state index < -0.39 is 5.97 Å². The third-order valence-electron chi connectivity index (χ3n) is 6.36. The van der Waals surface area contributed by atoms with Crippen molar-refractivity contribution in [3.05, 3.63) is 102 Å². The van der Waals surface area contributed by atoms with Crippen molar-refractivity contribution in [3.8, 4) is 5.75 Å². The maximum Gasteiger partial charge on any atom is 0.307 e. The van der Waals surface area contributed by atoms with Crippen LogP contribution in [-0.4, -0.2) is 30.3 Å². The molecule has 5 rings (SSSR count). The van der Waals surface area contributed by atoms with Crippen molar-refractivity contribution in [2.75, 3.05) is 18.0 Å². The zero-order valence-corrected chi connectivity index (χ0v) is 19.1. The number of aliphatic carboxylic acids is 1. The van der Waals surface area contributed by atoms with E-state index in [-0.39, 0.29) is 18.6 Å².